The maximum Gasteiger partial charge on any atom is 0.228 e. The number of nitrogens with zero attached hydrogens (tertiary/aromatic N) is 2. The third kappa shape index (κ3) is 4.52. The number of aliphatic hydroxyl groups excluding tert-OH is 1. The van der Waals surface area contributed by atoms with Crippen molar-refractivity contribution in [2.75, 3.05) is 26.2 Å². The van der Waals surface area contributed by atoms with Gasteiger partial charge in [0.05, 0.1) is 12.5 Å². The van der Waals surface area contributed by atoms with Crippen molar-refractivity contribution >= 4 is 17.9 Å². The second kappa shape index (κ2) is 8.99. The molecular formula is C21H28N2O3. The molecule has 1 heterocycles. The molecule has 0 radical (unpaired) electrons. The van der Waals surface area contributed by atoms with E-state index in [9.17, 15) is 14.7 Å². The second-order valence-corrected chi connectivity index (χ2v) is 7.21. The third-order valence-corrected chi connectivity index (χ3v) is 5.39. The lowest BCUT2D eigenvalue weighted by Gasteiger charge is -2.26. The van der Waals surface area contributed by atoms with E-state index in [1.54, 1.807) is 4.90 Å². The van der Waals surface area contributed by atoms with Gasteiger partial charge in [0.15, 0.2) is 0 Å². The highest BCUT2D eigenvalue weighted by Gasteiger charge is 2.39. The van der Waals surface area contributed by atoms with Crippen LogP contribution in [0.25, 0.3) is 6.08 Å². The second-order valence-electron chi connectivity index (χ2n) is 7.21. The molecule has 2 fully saturated rings. The zero-order valence-electron chi connectivity index (χ0n) is 15.2. The Morgan fingerprint density at radius 3 is 2.65 bits per heavy atom. The monoisotopic (exact) mass is 356 g/mol. The lowest BCUT2D eigenvalue weighted by molar-refractivity contribution is -0.135. The van der Waals surface area contributed by atoms with Gasteiger partial charge in [-0.05, 0) is 18.4 Å². The number of likely N-dealkylation sites (tertiary alicyclic amines) is 1. The van der Waals surface area contributed by atoms with Crippen LogP contribution >= 0.6 is 0 Å². The fourth-order valence-electron chi connectivity index (χ4n) is 4.02. The summed E-state index contributed by atoms with van der Waals surface area (Å²) in [6, 6.07) is 10.2. The van der Waals surface area contributed by atoms with E-state index >= 15 is 0 Å². The molecule has 0 bridgehead atoms. The van der Waals surface area contributed by atoms with Crippen molar-refractivity contribution < 1.29 is 14.7 Å². The van der Waals surface area contributed by atoms with Crippen LogP contribution in [-0.2, 0) is 9.59 Å². The molecule has 1 saturated heterocycles. The summed E-state index contributed by atoms with van der Waals surface area (Å²) >= 11 is 0. The Balaban J connectivity index is 1.59. The van der Waals surface area contributed by atoms with Crippen LogP contribution in [0.5, 0.6) is 0 Å². The van der Waals surface area contributed by atoms with Crippen LogP contribution in [0, 0.1) is 5.92 Å². The summed E-state index contributed by atoms with van der Waals surface area (Å²) in [4.78, 5) is 28.8. The summed E-state index contributed by atoms with van der Waals surface area (Å²) < 4.78 is 0. The van der Waals surface area contributed by atoms with Crippen LogP contribution in [0.3, 0.4) is 0 Å². The van der Waals surface area contributed by atoms with Gasteiger partial charge in [-0.1, -0.05) is 55.3 Å². The van der Waals surface area contributed by atoms with Gasteiger partial charge in [0, 0.05) is 32.1 Å². The minimum Gasteiger partial charge on any atom is -0.395 e. The Kier molecular flexibility index (Phi) is 6.45. The smallest absolute Gasteiger partial charge is 0.228 e. The van der Waals surface area contributed by atoms with E-state index in [-0.39, 0.29) is 24.3 Å². The predicted molar refractivity (Wildman–Crippen MR) is 101 cm³/mol. The first-order valence-corrected chi connectivity index (χ1v) is 9.59. The first-order valence-electron chi connectivity index (χ1n) is 9.59. The molecule has 5 heteroatoms. The summed E-state index contributed by atoms with van der Waals surface area (Å²) in [6.45, 7) is 1.21. The number of hydrogen-bond acceptors (Lipinski definition) is 3. The first kappa shape index (κ1) is 18.6. The molecule has 1 aliphatic heterocycles. The predicted octanol–water partition coefficient (Wildman–Crippen LogP) is 2.31. The Morgan fingerprint density at radius 2 is 1.96 bits per heavy atom. The van der Waals surface area contributed by atoms with Gasteiger partial charge in [-0.15, -0.1) is 0 Å². The molecular weight excluding hydrogens is 328 g/mol. The summed E-state index contributed by atoms with van der Waals surface area (Å²) in [5.74, 6) is -0.190. The highest BCUT2D eigenvalue weighted by Crippen LogP contribution is 2.30. The Labute approximate surface area is 155 Å². The average Bonchev–Trinajstić information content (AvgIpc) is 3.31. The SMILES string of the molecule is O=C([C@@H]1CC(=O)N(C2CCCC2)C1)N(C/C=C/c1ccccc1)CCO. The van der Waals surface area contributed by atoms with Crippen LogP contribution in [-0.4, -0.2) is 59.0 Å². The quantitative estimate of drug-likeness (QED) is 0.816. The van der Waals surface area contributed by atoms with Crippen molar-refractivity contribution in [3.05, 3.63) is 42.0 Å². The molecule has 0 aromatic heterocycles. The molecule has 2 aliphatic rings. The molecule has 1 aliphatic carbocycles. The maximum absolute atomic E-state index is 12.9. The van der Waals surface area contributed by atoms with E-state index in [0.29, 0.717) is 32.1 Å². The molecule has 3 rings (SSSR count). The summed E-state index contributed by atoms with van der Waals surface area (Å²) in [5.41, 5.74) is 1.08. The van der Waals surface area contributed by atoms with Crippen LogP contribution in [0.4, 0.5) is 0 Å². The van der Waals surface area contributed by atoms with E-state index < -0.39 is 0 Å². The number of aliphatic hydroxyl groups is 1. The highest BCUT2D eigenvalue weighted by molar-refractivity contribution is 5.89. The van der Waals surface area contributed by atoms with Crippen LogP contribution in [0.2, 0.25) is 0 Å². The van der Waals surface area contributed by atoms with Gasteiger partial charge in [0.25, 0.3) is 0 Å². The third-order valence-electron chi connectivity index (χ3n) is 5.39. The summed E-state index contributed by atoms with van der Waals surface area (Å²) in [5, 5.41) is 9.33. The largest absolute Gasteiger partial charge is 0.395 e. The number of benzene rings is 1. The van der Waals surface area contributed by atoms with E-state index in [0.717, 1.165) is 18.4 Å². The van der Waals surface area contributed by atoms with E-state index in [1.165, 1.54) is 12.8 Å². The summed E-state index contributed by atoms with van der Waals surface area (Å²) in [7, 11) is 0. The molecule has 1 N–H and O–H groups in total. The topological polar surface area (TPSA) is 60.9 Å². The lowest BCUT2D eigenvalue weighted by Crippen LogP contribution is -2.40. The number of carbonyl (C=O) groups is 2. The molecule has 1 aromatic carbocycles. The first-order chi connectivity index (χ1) is 12.7. The van der Waals surface area contributed by atoms with Crippen LogP contribution < -0.4 is 0 Å². The fraction of sp³-hybridized carbons (Fsp3) is 0.524. The van der Waals surface area contributed by atoms with Crippen molar-refractivity contribution in [3.8, 4) is 0 Å². The van der Waals surface area contributed by atoms with Crippen LogP contribution in [0.15, 0.2) is 36.4 Å². The standard InChI is InChI=1S/C21H28N2O3/c24-14-13-22(12-6-9-17-7-2-1-3-8-17)21(26)18-15-20(25)23(16-18)19-10-4-5-11-19/h1-3,6-9,18-19,24H,4-5,10-16H2/b9-6+/t18-/m1/s1. The number of rotatable bonds is 7. The normalized spacial score (nSPS) is 21.0. The van der Waals surface area contributed by atoms with Crippen LogP contribution in [0.1, 0.15) is 37.7 Å². The number of amides is 2. The van der Waals surface area contributed by atoms with Gasteiger partial charge in [0.1, 0.15) is 0 Å². The molecule has 26 heavy (non-hydrogen) atoms. The Hall–Kier alpha value is -2.14. The maximum atomic E-state index is 12.9. The van der Waals surface area contributed by atoms with E-state index in [4.69, 9.17) is 0 Å². The molecule has 0 unspecified atom stereocenters. The zero-order chi connectivity index (χ0) is 18.4. The molecule has 2 amide bonds. The van der Waals surface area contributed by atoms with Gasteiger partial charge in [-0.2, -0.15) is 0 Å². The van der Waals surface area contributed by atoms with Crippen molar-refractivity contribution in [2.24, 2.45) is 5.92 Å². The summed E-state index contributed by atoms with van der Waals surface area (Å²) in [6.07, 6.45) is 8.69. The van der Waals surface area contributed by atoms with Gasteiger partial charge < -0.3 is 14.9 Å². The molecule has 0 spiro atoms. The number of carbonyl (C=O) groups excluding carboxylic acids is 2. The van der Waals surface area contributed by atoms with Gasteiger partial charge in [-0.3, -0.25) is 9.59 Å². The van der Waals surface area contributed by atoms with Crippen molar-refractivity contribution in [1.82, 2.24) is 9.80 Å². The minimum atomic E-state index is -0.278. The minimum absolute atomic E-state index is 0.0226. The van der Waals surface area contributed by atoms with E-state index in [1.807, 2.05) is 47.4 Å². The van der Waals surface area contributed by atoms with Gasteiger partial charge in [0.2, 0.25) is 11.8 Å². The van der Waals surface area contributed by atoms with Gasteiger partial charge in [-0.25, -0.2) is 0 Å². The zero-order valence-corrected chi connectivity index (χ0v) is 15.2. The molecule has 1 atom stereocenters. The van der Waals surface area contributed by atoms with Crippen molar-refractivity contribution in [2.45, 2.75) is 38.1 Å². The number of hydrogen-bond donors (Lipinski definition) is 1. The lowest BCUT2D eigenvalue weighted by atomic mass is 10.1. The molecule has 1 saturated carbocycles. The van der Waals surface area contributed by atoms with E-state index in [2.05, 4.69) is 0 Å². The molecule has 140 valence electrons. The highest BCUT2D eigenvalue weighted by atomic mass is 16.3. The Bertz CT molecular complexity index is 638. The van der Waals surface area contributed by atoms with Gasteiger partial charge >= 0.3 is 0 Å². The molecule has 1 aromatic rings. The van der Waals surface area contributed by atoms with Crippen molar-refractivity contribution in [3.63, 3.8) is 0 Å². The fourth-order valence-corrected chi connectivity index (χ4v) is 4.02. The Morgan fingerprint density at radius 1 is 1.23 bits per heavy atom. The van der Waals surface area contributed by atoms with Crippen molar-refractivity contribution in [1.29, 1.82) is 0 Å². The average molecular weight is 356 g/mol. The molecule has 5 nitrogen and oxygen atoms in total.